The van der Waals surface area contributed by atoms with Crippen LogP contribution in [-0.2, 0) is 6.42 Å². The lowest BCUT2D eigenvalue weighted by Crippen LogP contribution is -1.96. The second-order valence-corrected chi connectivity index (χ2v) is 2.85. The van der Waals surface area contributed by atoms with Gasteiger partial charge in [0.1, 0.15) is 5.17 Å². The molecule has 0 amide bonds. The maximum atomic E-state index is 6.14. The van der Waals surface area contributed by atoms with Crippen LogP contribution in [0.3, 0.4) is 0 Å². The summed E-state index contributed by atoms with van der Waals surface area (Å²) in [5, 5.41) is 6.00. The van der Waals surface area contributed by atoms with Crippen molar-refractivity contribution in [3.63, 3.8) is 0 Å². The molecule has 0 heterocycles. The summed E-state index contributed by atoms with van der Waals surface area (Å²) in [5.74, 6) is 0. The molecular weight excluding hydrogens is 180 g/mol. The van der Waals surface area contributed by atoms with Crippen LogP contribution in [0.5, 0.6) is 0 Å². The number of nitrogens with one attached hydrogen (secondary N) is 1. The van der Waals surface area contributed by atoms with Gasteiger partial charge in [-0.15, -0.1) is 19.2 Å². The van der Waals surface area contributed by atoms with E-state index in [0.717, 1.165) is 6.42 Å². The second kappa shape index (κ2) is 7.43. The molecule has 0 unspecified atom stereocenters. The lowest BCUT2D eigenvalue weighted by Gasteiger charge is -1.91. The summed E-state index contributed by atoms with van der Waals surface area (Å²) in [5.41, 5.74) is 5.89. The molecule has 0 bridgehead atoms. The SMILES string of the molecule is C=CCc1ccccc1.N=C(N)S. The molecule has 0 aliphatic rings. The van der Waals surface area contributed by atoms with Crippen LogP contribution < -0.4 is 5.73 Å². The van der Waals surface area contributed by atoms with E-state index in [0.29, 0.717) is 0 Å². The van der Waals surface area contributed by atoms with Crippen molar-refractivity contribution in [3.05, 3.63) is 48.6 Å². The molecule has 3 heteroatoms. The predicted octanol–water partition coefficient (Wildman–Crippen LogP) is 2.22. The standard InChI is InChI=1S/C9H10.CH4N2S/c1-2-6-9-7-4-3-5-8-9;2-1(3)4/h2-5,7-8H,1,6H2;(H4,2,3,4). The molecule has 2 nitrogen and oxygen atoms in total. The number of amidine groups is 1. The van der Waals surface area contributed by atoms with Gasteiger partial charge in [0, 0.05) is 0 Å². The predicted molar refractivity (Wildman–Crippen MR) is 61.2 cm³/mol. The molecule has 0 spiro atoms. The summed E-state index contributed by atoms with van der Waals surface area (Å²) in [6, 6.07) is 10.3. The van der Waals surface area contributed by atoms with Crippen molar-refractivity contribution in [2.24, 2.45) is 5.73 Å². The number of hydrogen-bond donors (Lipinski definition) is 3. The average molecular weight is 194 g/mol. The summed E-state index contributed by atoms with van der Waals surface area (Å²) >= 11 is 3.33. The van der Waals surface area contributed by atoms with Crippen LogP contribution >= 0.6 is 12.6 Å². The molecule has 0 saturated carbocycles. The molecule has 0 aliphatic heterocycles. The molecule has 0 saturated heterocycles. The molecule has 0 fully saturated rings. The molecule has 0 radical (unpaired) electrons. The fourth-order valence-electron chi connectivity index (χ4n) is 0.781. The third kappa shape index (κ3) is 8.69. The lowest BCUT2D eigenvalue weighted by molar-refractivity contribution is 1.28. The van der Waals surface area contributed by atoms with Gasteiger partial charge in [0.15, 0.2) is 0 Å². The Bertz CT molecular complexity index is 253. The molecule has 1 aromatic carbocycles. The highest BCUT2D eigenvalue weighted by molar-refractivity contribution is 7.96. The third-order valence-corrected chi connectivity index (χ3v) is 1.22. The first-order valence-corrected chi connectivity index (χ1v) is 4.29. The van der Waals surface area contributed by atoms with Gasteiger partial charge in [-0.25, -0.2) is 0 Å². The first-order valence-electron chi connectivity index (χ1n) is 3.84. The molecule has 0 atom stereocenters. The number of rotatable bonds is 2. The van der Waals surface area contributed by atoms with Gasteiger partial charge in [-0.3, -0.25) is 5.41 Å². The largest absolute Gasteiger partial charge is 0.379 e. The fourth-order valence-corrected chi connectivity index (χ4v) is 0.781. The van der Waals surface area contributed by atoms with E-state index in [-0.39, 0.29) is 5.17 Å². The van der Waals surface area contributed by atoms with Gasteiger partial charge >= 0.3 is 0 Å². The highest BCUT2D eigenvalue weighted by atomic mass is 32.1. The Hall–Kier alpha value is -1.22. The molecule has 1 rings (SSSR count). The number of hydrogen-bond acceptors (Lipinski definition) is 1. The Balaban J connectivity index is 0.000000310. The van der Waals surface area contributed by atoms with E-state index in [2.05, 4.69) is 37.1 Å². The highest BCUT2D eigenvalue weighted by Gasteiger charge is 1.82. The number of benzene rings is 1. The van der Waals surface area contributed by atoms with Crippen LogP contribution in [0.15, 0.2) is 43.0 Å². The molecule has 0 aliphatic carbocycles. The minimum Gasteiger partial charge on any atom is -0.379 e. The van der Waals surface area contributed by atoms with Crippen LogP contribution in [0.4, 0.5) is 0 Å². The van der Waals surface area contributed by atoms with Gasteiger partial charge in [-0.2, -0.15) is 0 Å². The van der Waals surface area contributed by atoms with E-state index in [1.54, 1.807) is 0 Å². The zero-order valence-corrected chi connectivity index (χ0v) is 8.30. The van der Waals surface area contributed by atoms with Gasteiger partial charge in [0.05, 0.1) is 0 Å². The lowest BCUT2D eigenvalue weighted by atomic mass is 10.2. The molecule has 3 N–H and O–H groups in total. The number of allylic oxidation sites excluding steroid dienone is 1. The monoisotopic (exact) mass is 194 g/mol. The quantitative estimate of drug-likeness (QED) is 0.287. The molecule has 70 valence electrons. The zero-order valence-electron chi connectivity index (χ0n) is 7.40. The maximum Gasteiger partial charge on any atom is 0.147 e. The van der Waals surface area contributed by atoms with Crippen molar-refractivity contribution >= 4 is 17.8 Å². The second-order valence-electron chi connectivity index (χ2n) is 2.36. The van der Waals surface area contributed by atoms with Crippen molar-refractivity contribution in [1.29, 1.82) is 5.41 Å². The third-order valence-electron chi connectivity index (χ3n) is 1.22. The van der Waals surface area contributed by atoms with Crippen LogP contribution in [0.1, 0.15) is 5.56 Å². The molecular formula is C10H14N2S. The van der Waals surface area contributed by atoms with Crippen molar-refractivity contribution < 1.29 is 0 Å². The van der Waals surface area contributed by atoms with Crippen LogP contribution in [0.2, 0.25) is 0 Å². The molecule has 0 aromatic heterocycles. The Labute approximate surface area is 84.4 Å². The Morgan fingerprint density at radius 3 is 2.31 bits per heavy atom. The van der Waals surface area contributed by atoms with E-state index >= 15 is 0 Å². The van der Waals surface area contributed by atoms with Crippen molar-refractivity contribution in [2.75, 3.05) is 0 Å². The summed E-state index contributed by atoms with van der Waals surface area (Å²) in [7, 11) is 0. The van der Waals surface area contributed by atoms with Crippen LogP contribution in [0.25, 0.3) is 0 Å². The van der Waals surface area contributed by atoms with E-state index in [9.17, 15) is 0 Å². The smallest absolute Gasteiger partial charge is 0.147 e. The van der Waals surface area contributed by atoms with E-state index in [1.807, 2.05) is 24.3 Å². The van der Waals surface area contributed by atoms with Crippen LogP contribution in [0, 0.1) is 5.41 Å². The summed E-state index contributed by atoms with van der Waals surface area (Å²) < 4.78 is 0. The highest BCUT2D eigenvalue weighted by Crippen LogP contribution is 1.98. The first-order chi connectivity index (χ1) is 6.16. The summed E-state index contributed by atoms with van der Waals surface area (Å²) in [4.78, 5) is 0. The van der Waals surface area contributed by atoms with E-state index in [4.69, 9.17) is 5.41 Å². The van der Waals surface area contributed by atoms with E-state index in [1.165, 1.54) is 5.56 Å². The van der Waals surface area contributed by atoms with E-state index < -0.39 is 0 Å². The molecule has 1 aromatic rings. The van der Waals surface area contributed by atoms with Crippen molar-refractivity contribution in [3.8, 4) is 0 Å². The minimum absolute atomic E-state index is 0.139. The Kier molecular flexibility index (Phi) is 6.73. The minimum atomic E-state index is -0.139. The van der Waals surface area contributed by atoms with Gasteiger partial charge in [0.2, 0.25) is 0 Å². The van der Waals surface area contributed by atoms with Gasteiger partial charge in [-0.1, -0.05) is 36.4 Å². The Morgan fingerprint density at radius 2 is 1.92 bits per heavy atom. The van der Waals surface area contributed by atoms with Gasteiger partial charge < -0.3 is 5.73 Å². The normalized spacial score (nSPS) is 8.08. The van der Waals surface area contributed by atoms with Crippen molar-refractivity contribution in [2.45, 2.75) is 6.42 Å². The topological polar surface area (TPSA) is 49.9 Å². The zero-order chi connectivity index (χ0) is 10.1. The van der Waals surface area contributed by atoms with Crippen LogP contribution in [-0.4, -0.2) is 5.17 Å². The maximum absolute atomic E-state index is 6.14. The average Bonchev–Trinajstić information content (AvgIpc) is 2.06. The first kappa shape index (κ1) is 11.8. The summed E-state index contributed by atoms with van der Waals surface area (Å²) in [6.07, 6.45) is 2.89. The van der Waals surface area contributed by atoms with Gasteiger partial charge in [-0.05, 0) is 12.0 Å². The van der Waals surface area contributed by atoms with Crippen molar-refractivity contribution in [1.82, 2.24) is 0 Å². The Morgan fingerprint density at radius 1 is 1.46 bits per heavy atom. The fraction of sp³-hybridized carbons (Fsp3) is 0.100. The van der Waals surface area contributed by atoms with Gasteiger partial charge in [0.25, 0.3) is 0 Å². The summed E-state index contributed by atoms with van der Waals surface area (Å²) in [6.45, 7) is 3.66. The number of nitrogens with two attached hydrogens (primary N) is 1. The molecule has 13 heavy (non-hydrogen) atoms. The number of thiol groups is 1.